The zero-order valence-electron chi connectivity index (χ0n) is 10.7. The van der Waals surface area contributed by atoms with Crippen LogP contribution in [0.2, 0.25) is 0 Å². The van der Waals surface area contributed by atoms with Crippen molar-refractivity contribution in [2.24, 2.45) is 17.8 Å². The fourth-order valence-corrected chi connectivity index (χ4v) is 3.54. The molecular formula is C15H17FN2S. The van der Waals surface area contributed by atoms with Gasteiger partial charge in [0.15, 0.2) is 4.77 Å². The zero-order valence-corrected chi connectivity index (χ0v) is 11.5. The third kappa shape index (κ3) is 2.12. The van der Waals surface area contributed by atoms with Crippen LogP contribution in [0.5, 0.6) is 0 Å². The molecule has 1 heterocycles. The molecule has 2 aromatic rings. The van der Waals surface area contributed by atoms with Crippen molar-refractivity contribution in [2.75, 3.05) is 0 Å². The summed E-state index contributed by atoms with van der Waals surface area (Å²) in [6.07, 6.45) is 5.52. The maximum absolute atomic E-state index is 13.3. The standard InChI is InChI=1S/C15H17FN2S/c16-11-5-6-14-13(7-11)17-15(19)18(14)8-12(9-1-2-9)10-3-4-10/h5-7,9-10,12H,1-4,8H2,(H,17,19). The van der Waals surface area contributed by atoms with Gasteiger partial charge in [0.25, 0.3) is 0 Å². The number of halogens is 1. The van der Waals surface area contributed by atoms with Crippen molar-refractivity contribution >= 4 is 23.3 Å². The summed E-state index contributed by atoms with van der Waals surface area (Å²) >= 11 is 5.41. The van der Waals surface area contributed by atoms with Crippen LogP contribution >= 0.6 is 12.2 Å². The Morgan fingerprint density at radius 3 is 2.58 bits per heavy atom. The van der Waals surface area contributed by atoms with Gasteiger partial charge in [-0.15, -0.1) is 0 Å². The molecule has 2 saturated carbocycles. The molecule has 0 aliphatic heterocycles. The van der Waals surface area contributed by atoms with E-state index in [4.69, 9.17) is 12.2 Å². The number of rotatable bonds is 4. The average Bonchev–Trinajstić information content (AvgIpc) is 3.24. The van der Waals surface area contributed by atoms with Crippen molar-refractivity contribution in [1.29, 1.82) is 0 Å². The molecular weight excluding hydrogens is 259 g/mol. The first-order valence-electron chi connectivity index (χ1n) is 7.10. The van der Waals surface area contributed by atoms with Gasteiger partial charge in [-0.05, 0) is 73.9 Å². The number of imidazole rings is 1. The lowest BCUT2D eigenvalue weighted by Crippen LogP contribution is -2.15. The highest BCUT2D eigenvalue weighted by Crippen LogP contribution is 2.50. The monoisotopic (exact) mass is 276 g/mol. The minimum atomic E-state index is -0.211. The molecule has 1 aromatic carbocycles. The van der Waals surface area contributed by atoms with Crippen LogP contribution in [0.4, 0.5) is 4.39 Å². The molecule has 2 aliphatic carbocycles. The zero-order chi connectivity index (χ0) is 13.0. The van der Waals surface area contributed by atoms with Crippen LogP contribution in [-0.4, -0.2) is 9.55 Å². The topological polar surface area (TPSA) is 20.7 Å². The van der Waals surface area contributed by atoms with Gasteiger partial charge < -0.3 is 9.55 Å². The normalized spacial score (nSPS) is 19.5. The molecule has 4 heteroatoms. The van der Waals surface area contributed by atoms with Crippen molar-refractivity contribution in [3.63, 3.8) is 0 Å². The SMILES string of the molecule is Fc1ccc2c(c1)[nH]c(=S)n2CC(C1CC1)C1CC1. The smallest absolute Gasteiger partial charge is 0.178 e. The van der Waals surface area contributed by atoms with E-state index in [1.807, 2.05) is 6.07 Å². The van der Waals surface area contributed by atoms with Crippen LogP contribution in [-0.2, 0) is 6.54 Å². The number of nitrogens with one attached hydrogen (secondary N) is 1. The summed E-state index contributed by atoms with van der Waals surface area (Å²) in [5, 5.41) is 0. The molecule has 0 radical (unpaired) electrons. The van der Waals surface area contributed by atoms with Crippen LogP contribution in [0.1, 0.15) is 25.7 Å². The Morgan fingerprint density at radius 1 is 1.26 bits per heavy atom. The number of aromatic amines is 1. The first-order valence-corrected chi connectivity index (χ1v) is 7.51. The largest absolute Gasteiger partial charge is 0.330 e. The number of hydrogen-bond donors (Lipinski definition) is 1. The Bertz CT molecular complexity index is 667. The summed E-state index contributed by atoms with van der Waals surface area (Å²) in [5.41, 5.74) is 1.85. The van der Waals surface area contributed by atoms with Crippen LogP contribution in [0.15, 0.2) is 18.2 Å². The lowest BCUT2D eigenvalue weighted by Gasteiger charge is -2.16. The number of H-pyrrole nitrogens is 1. The minimum absolute atomic E-state index is 0.211. The van der Waals surface area contributed by atoms with E-state index in [9.17, 15) is 4.39 Å². The van der Waals surface area contributed by atoms with Crippen LogP contribution in [0, 0.1) is 28.3 Å². The Balaban J connectivity index is 1.73. The molecule has 0 spiro atoms. The quantitative estimate of drug-likeness (QED) is 0.827. The molecule has 0 bridgehead atoms. The third-order valence-electron chi connectivity index (χ3n) is 4.58. The van der Waals surface area contributed by atoms with Crippen molar-refractivity contribution < 1.29 is 4.39 Å². The molecule has 0 saturated heterocycles. The number of benzene rings is 1. The molecule has 1 aromatic heterocycles. The second-order valence-electron chi connectivity index (χ2n) is 6.04. The highest BCUT2D eigenvalue weighted by Gasteiger charge is 2.41. The van der Waals surface area contributed by atoms with Crippen molar-refractivity contribution in [3.05, 3.63) is 28.8 Å². The summed E-state index contributed by atoms with van der Waals surface area (Å²) < 4.78 is 16.2. The second kappa shape index (κ2) is 4.17. The number of nitrogens with zero attached hydrogens (tertiary/aromatic N) is 1. The second-order valence-corrected chi connectivity index (χ2v) is 6.43. The van der Waals surface area contributed by atoms with E-state index >= 15 is 0 Å². The summed E-state index contributed by atoms with van der Waals surface area (Å²) in [6.45, 7) is 1.000. The molecule has 0 atom stereocenters. The summed E-state index contributed by atoms with van der Waals surface area (Å²) in [5.74, 6) is 2.37. The first-order chi connectivity index (χ1) is 9.22. The summed E-state index contributed by atoms with van der Waals surface area (Å²) in [4.78, 5) is 3.13. The Morgan fingerprint density at radius 2 is 1.95 bits per heavy atom. The van der Waals surface area contributed by atoms with E-state index in [0.29, 0.717) is 0 Å². The van der Waals surface area contributed by atoms with Gasteiger partial charge in [0.1, 0.15) is 5.82 Å². The molecule has 2 nitrogen and oxygen atoms in total. The molecule has 100 valence electrons. The third-order valence-corrected chi connectivity index (χ3v) is 4.91. The van der Waals surface area contributed by atoms with Gasteiger partial charge in [-0.3, -0.25) is 0 Å². The fraction of sp³-hybridized carbons (Fsp3) is 0.533. The van der Waals surface area contributed by atoms with E-state index < -0.39 is 0 Å². The van der Waals surface area contributed by atoms with E-state index in [1.54, 1.807) is 0 Å². The summed E-state index contributed by atoms with van der Waals surface area (Å²) in [6, 6.07) is 4.89. The molecule has 2 fully saturated rings. The molecule has 0 amide bonds. The maximum Gasteiger partial charge on any atom is 0.178 e. The van der Waals surface area contributed by atoms with Gasteiger partial charge in [0, 0.05) is 6.54 Å². The molecule has 1 N–H and O–H groups in total. The van der Waals surface area contributed by atoms with Crippen LogP contribution in [0.25, 0.3) is 11.0 Å². The fourth-order valence-electron chi connectivity index (χ4n) is 3.26. The number of hydrogen-bond acceptors (Lipinski definition) is 1. The van der Waals surface area contributed by atoms with E-state index in [1.165, 1.54) is 37.8 Å². The van der Waals surface area contributed by atoms with Gasteiger partial charge in [0.2, 0.25) is 0 Å². The highest BCUT2D eigenvalue weighted by atomic mass is 32.1. The molecule has 0 unspecified atom stereocenters. The van der Waals surface area contributed by atoms with Crippen LogP contribution < -0.4 is 0 Å². The maximum atomic E-state index is 13.3. The van der Waals surface area contributed by atoms with Crippen LogP contribution in [0.3, 0.4) is 0 Å². The van der Waals surface area contributed by atoms with Crippen molar-refractivity contribution in [2.45, 2.75) is 32.2 Å². The predicted octanol–water partition coefficient (Wildman–Crippen LogP) is 4.27. The highest BCUT2D eigenvalue weighted by molar-refractivity contribution is 7.71. The average molecular weight is 276 g/mol. The Hall–Kier alpha value is -1.16. The van der Waals surface area contributed by atoms with E-state index in [-0.39, 0.29) is 5.82 Å². The summed E-state index contributed by atoms with van der Waals surface area (Å²) in [7, 11) is 0. The van der Waals surface area contributed by atoms with Gasteiger partial charge in [-0.2, -0.15) is 0 Å². The lowest BCUT2D eigenvalue weighted by atomic mass is 9.98. The Labute approximate surface area is 116 Å². The molecule has 4 rings (SSSR count). The lowest BCUT2D eigenvalue weighted by molar-refractivity contribution is 0.351. The van der Waals surface area contributed by atoms with Gasteiger partial charge in [0.05, 0.1) is 11.0 Å². The molecule has 19 heavy (non-hydrogen) atoms. The van der Waals surface area contributed by atoms with Gasteiger partial charge >= 0.3 is 0 Å². The van der Waals surface area contributed by atoms with E-state index in [0.717, 1.165) is 40.1 Å². The van der Waals surface area contributed by atoms with Crippen molar-refractivity contribution in [3.8, 4) is 0 Å². The number of aromatic nitrogens is 2. The van der Waals surface area contributed by atoms with Crippen molar-refractivity contribution in [1.82, 2.24) is 9.55 Å². The van der Waals surface area contributed by atoms with E-state index in [2.05, 4.69) is 9.55 Å². The predicted molar refractivity (Wildman–Crippen MR) is 76.0 cm³/mol. The molecule has 2 aliphatic rings. The van der Waals surface area contributed by atoms with Gasteiger partial charge in [-0.1, -0.05) is 0 Å². The van der Waals surface area contributed by atoms with Gasteiger partial charge in [-0.25, -0.2) is 4.39 Å². The Kier molecular flexibility index (Phi) is 2.56. The first kappa shape index (κ1) is 11.6. The number of fused-ring (bicyclic) bond motifs is 1. The minimum Gasteiger partial charge on any atom is -0.330 e.